The van der Waals surface area contributed by atoms with E-state index in [0.717, 1.165) is 38.5 Å². The van der Waals surface area contributed by atoms with Crippen LogP contribution in [0, 0.1) is 0 Å². The zero-order valence-corrected chi connectivity index (χ0v) is 29.2. The number of benzene rings is 4. The Morgan fingerprint density at radius 1 is 0.922 bits per heavy atom. The molecule has 11 nitrogen and oxygen atoms in total. The molecule has 1 aliphatic rings. The highest BCUT2D eigenvalue weighted by molar-refractivity contribution is 7.99. The van der Waals surface area contributed by atoms with E-state index in [1.165, 1.54) is 0 Å². The first-order valence-electron chi connectivity index (χ1n) is 16.9. The van der Waals surface area contributed by atoms with Crippen molar-refractivity contribution in [2.45, 2.75) is 62.5 Å². The summed E-state index contributed by atoms with van der Waals surface area (Å²) in [6.07, 6.45) is 2.36. The maximum absolute atomic E-state index is 12.7. The van der Waals surface area contributed by atoms with Crippen molar-refractivity contribution < 1.29 is 24.2 Å². The summed E-state index contributed by atoms with van der Waals surface area (Å²) in [6, 6.07) is 31.0. The van der Waals surface area contributed by atoms with E-state index in [4.69, 9.17) is 15.2 Å². The van der Waals surface area contributed by atoms with E-state index in [2.05, 4.69) is 20.8 Å². The Hall–Kier alpha value is -5.01. The van der Waals surface area contributed by atoms with Gasteiger partial charge in [0, 0.05) is 44.2 Å². The van der Waals surface area contributed by atoms with Gasteiger partial charge in [-0.15, -0.1) is 10.2 Å². The van der Waals surface area contributed by atoms with E-state index >= 15 is 0 Å². The van der Waals surface area contributed by atoms with Gasteiger partial charge in [0.05, 0.1) is 30.2 Å². The van der Waals surface area contributed by atoms with Crippen molar-refractivity contribution in [2.24, 2.45) is 7.05 Å². The third-order valence-electron chi connectivity index (χ3n) is 8.71. The lowest BCUT2D eigenvalue weighted by Gasteiger charge is -2.36. The highest BCUT2D eigenvalue weighted by atomic mass is 32.2. The van der Waals surface area contributed by atoms with Crippen molar-refractivity contribution in [3.05, 3.63) is 126 Å². The highest BCUT2D eigenvalue weighted by Crippen LogP contribution is 2.40. The summed E-state index contributed by atoms with van der Waals surface area (Å²) in [5, 5.41) is 24.3. The molecule has 1 aliphatic heterocycles. The van der Waals surface area contributed by atoms with Crippen LogP contribution in [0.4, 0.5) is 11.4 Å². The molecule has 0 saturated carbocycles. The number of hydrogen-bond acceptors (Lipinski definition) is 9. The van der Waals surface area contributed by atoms with E-state index in [1.54, 1.807) is 42.4 Å². The lowest BCUT2D eigenvalue weighted by Crippen LogP contribution is -2.31. The number of aliphatic hydroxyl groups excluding tert-OH is 1. The Morgan fingerprint density at radius 2 is 1.65 bits per heavy atom. The Balaban J connectivity index is 1.07. The number of amides is 2. The van der Waals surface area contributed by atoms with Crippen molar-refractivity contribution in [3.8, 4) is 11.1 Å². The topological polar surface area (TPSA) is 154 Å². The molecular formula is C39H42N6O5S. The molecular weight excluding hydrogens is 665 g/mol. The molecule has 264 valence electrons. The second-order valence-corrected chi connectivity index (χ2v) is 13.4. The number of thioether (sulfide) groups is 1. The number of rotatable bonds is 14. The minimum Gasteiger partial charge on any atom is -0.397 e. The number of anilines is 2. The van der Waals surface area contributed by atoms with Gasteiger partial charge in [0.25, 0.3) is 0 Å². The average Bonchev–Trinajstić information content (AvgIpc) is 3.58. The Labute approximate surface area is 301 Å². The van der Waals surface area contributed by atoms with Gasteiger partial charge in [-0.1, -0.05) is 96.7 Å². The van der Waals surface area contributed by atoms with Crippen LogP contribution in [0.2, 0.25) is 0 Å². The number of carbonyl (C=O) groups is 2. The number of nitrogens with one attached hydrogen (secondary N) is 2. The fourth-order valence-electron chi connectivity index (χ4n) is 5.88. The van der Waals surface area contributed by atoms with Crippen LogP contribution in [-0.4, -0.2) is 43.5 Å². The van der Waals surface area contributed by atoms with Crippen LogP contribution in [-0.2, 0) is 39.3 Å². The van der Waals surface area contributed by atoms with Crippen LogP contribution in [0.25, 0.3) is 11.1 Å². The van der Waals surface area contributed by atoms with Gasteiger partial charge in [-0.05, 0) is 46.4 Å². The standard InChI is InChI=1S/C39H42N6O5S/c1-45-25-42-44-39(45)51-24-31-21-35(28-15-13-26(23-46)14-16-28)50-38(49-31)29-19-17-27(18-20-29)32-8-3-2-7-30(32)22-41-36(47)11-6-12-37(48)43-34-10-5-4-9-33(34)40/h2-5,7-10,13-20,25,31,35,38,46H,6,11-12,21-24,40H2,1H3,(H,41,47)(H,43,48)/t31-,35+,38+/m0/s1. The summed E-state index contributed by atoms with van der Waals surface area (Å²) >= 11 is 1.60. The number of aromatic nitrogens is 3. The second-order valence-electron chi connectivity index (χ2n) is 12.4. The molecule has 0 spiro atoms. The smallest absolute Gasteiger partial charge is 0.224 e. The van der Waals surface area contributed by atoms with Crippen molar-refractivity contribution in [1.82, 2.24) is 20.1 Å². The molecule has 51 heavy (non-hydrogen) atoms. The van der Waals surface area contributed by atoms with Crippen molar-refractivity contribution in [2.75, 3.05) is 16.8 Å². The van der Waals surface area contributed by atoms with Crippen LogP contribution in [0.1, 0.15) is 60.3 Å². The minimum absolute atomic E-state index is 0.0113. The summed E-state index contributed by atoms with van der Waals surface area (Å²) < 4.78 is 14.9. The van der Waals surface area contributed by atoms with E-state index < -0.39 is 6.29 Å². The lowest BCUT2D eigenvalue weighted by molar-refractivity contribution is -0.245. The van der Waals surface area contributed by atoms with Gasteiger partial charge in [0.2, 0.25) is 11.8 Å². The Bertz CT molecular complexity index is 1920. The van der Waals surface area contributed by atoms with Crippen molar-refractivity contribution in [3.63, 3.8) is 0 Å². The number of aryl methyl sites for hydroxylation is 1. The van der Waals surface area contributed by atoms with Gasteiger partial charge in [-0.3, -0.25) is 9.59 Å². The normalized spacial score (nSPS) is 17.2. The first-order valence-corrected chi connectivity index (χ1v) is 17.9. The zero-order chi connectivity index (χ0) is 35.6. The molecule has 2 heterocycles. The first-order chi connectivity index (χ1) is 24.9. The molecule has 4 aromatic carbocycles. The summed E-state index contributed by atoms with van der Waals surface area (Å²) in [7, 11) is 1.92. The molecule has 12 heteroatoms. The predicted octanol–water partition coefficient (Wildman–Crippen LogP) is 6.32. The van der Waals surface area contributed by atoms with Crippen LogP contribution in [0.5, 0.6) is 0 Å². The Kier molecular flexibility index (Phi) is 12.1. The minimum atomic E-state index is -0.581. The van der Waals surface area contributed by atoms with Crippen LogP contribution in [0.3, 0.4) is 0 Å². The zero-order valence-electron chi connectivity index (χ0n) is 28.4. The molecule has 1 fully saturated rings. The van der Waals surface area contributed by atoms with Gasteiger partial charge in [-0.25, -0.2) is 0 Å². The largest absolute Gasteiger partial charge is 0.397 e. The number of nitrogens with zero attached hydrogens (tertiary/aromatic N) is 3. The van der Waals surface area contributed by atoms with E-state index in [9.17, 15) is 14.7 Å². The fourth-order valence-corrected chi connectivity index (χ4v) is 6.79. The van der Waals surface area contributed by atoms with Gasteiger partial charge >= 0.3 is 0 Å². The van der Waals surface area contributed by atoms with Gasteiger partial charge in [-0.2, -0.15) is 0 Å². The summed E-state index contributed by atoms with van der Waals surface area (Å²) in [5.41, 5.74) is 12.7. The second kappa shape index (κ2) is 17.3. The van der Waals surface area contributed by atoms with E-state index in [0.29, 0.717) is 36.5 Å². The SMILES string of the molecule is Cn1cnnc1SC[C@@H]1C[C@H](c2ccc(CO)cc2)O[C@H](c2ccc(-c3ccccc3CNC(=O)CCCC(=O)Nc3ccccc3N)cc2)O1. The molecule has 5 aromatic rings. The van der Waals surface area contributed by atoms with Crippen molar-refractivity contribution in [1.29, 1.82) is 0 Å². The maximum atomic E-state index is 12.7. The predicted molar refractivity (Wildman–Crippen MR) is 197 cm³/mol. The lowest BCUT2D eigenvalue weighted by atomic mass is 9.97. The van der Waals surface area contributed by atoms with Crippen molar-refractivity contribution >= 4 is 35.0 Å². The third kappa shape index (κ3) is 9.62. The number of nitrogens with two attached hydrogens (primary N) is 1. The number of nitrogen functional groups attached to an aromatic ring is 1. The number of ether oxygens (including phenoxy) is 2. The van der Waals surface area contributed by atoms with Crippen LogP contribution < -0.4 is 16.4 Å². The molecule has 0 aliphatic carbocycles. The summed E-state index contributed by atoms with van der Waals surface area (Å²) in [5.74, 6) is 0.387. The highest BCUT2D eigenvalue weighted by Gasteiger charge is 2.32. The number of hydrogen-bond donors (Lipinski definition) is 4. The van der Waals surface area contributed by atoms with E-state index in [-0.39, 0.29) is 43.5 Å². The molecule has 2 amide bonds. The molecule has 6 rings (SSSR count). The summed E-state index contributed by atoms with van der Waals surface area (Å²) in [4.78, 5) is 25.0. The fraction of sp³-hybridized carbons (Fsp3) is 0.282. The molecule has 0 bridgehead atoms. The number of carbonyl (C=O) groups excluding carboxylic acids is 2. The molecule has 5 N–H and O–H groups in total. The molecule has 1 aromatic heterocycles. The third-order valence-corrected chi connectivity index (χ3v) is 9.88. The quantitative estimate of drug-likeness (QED) is 0.0768. The molecule has 0 unspecified atom stereocenters. The monoisotopic (exact) mass is 706 g/mol. The van der Waals surface area contributed by atoms with Gasteiger partial charge < -0.3 is 35.5 Å². The first kappa shape index (κ1) is 35.8. The average molecular weight is 707 g/mol. The van der Waals surface area contributed by atoms with Gasteiger partial charge in [0.15, 0.2) is 11.4 Å². The summed E-state index contributed by atoms with van der Waals surface area (Å²) in [6.45, 7) is 0.350. The van der Waals surface area contributed by atoms with Crippen LogP contribution in [0.15, 0.2) is 109 Å². The van der Waals surface area contributed by atoms with Gasteiger partial charge in [0.1, 0.15) is 6.33 Å². The molecule has 1 saturated heterocycles. The number of aliphatic hydroxyl groups is 1. The Morgan fingerprint density at radius 3 is 2.39 bits per heavy atom. The number of para-hydroxylation sites is 2. The molecule has 0 radical (unpaired) electrons. The maximum Gasteiger partial charge on any atom is 0.224 e. The van der Waals surface area contributed by atoms with Crippen LogP contribution >= 0.6 is 11.8 Å². The van der Waals surface area contributed by atoms with E-state index in [1.807, 2.05) is 84.4 Å². The molecule has 3 atom stereocenters.